The van der Waals surface area contributed by atoms with Gasteiger partial charge in [-0.2, -0.15) is 0 Å². The van der Waals surface area contributed by atoms with Crippen LogP contribution in [0.5, 0.6) is 0 Å². The van der Waals surface area contributed by atoms with E-state index in [-0.39, 0.29) is 0 Å². The molecule has 1 N–H and O–H groups in total. The first-order valence-corrected chi connectivity index (χ1v) is 8.06. The molecule has 3 heteroatoms. The molecule has 1 saturated carbocycles. The summed E-state index contributed by atoms with van der Waals surface area (Å²) >= 11 is 3.59. The van der Waals surface area contributed by atoms with E-state index >= 15 is 0 Å². The Balaban J connectivity index is 2.03. The van der Waals surface area contributed by atoms with Crippen molar-refractivity contribution in [3.63, 3.8) is 0 Å². The smallest absolute Gasteiger partial charge is 0.0420 e. The maximum Gasteiger partial charge on any atom is 0.0420 e. The zero-order valence-electron chi connectivity index (χ0n) is 12.2. The molecule has 0 unspecified atom stereocenters. The third-order valence-corrected chi connectivity index (χ3v) is 4.05. The quantitative estimate of drug-likeness (QED) is 0.814. The van der Waals surface area contributed by atoms with Crippen LogP contribution < -0.4 is 10.2 Å². The highest BCUT2D eigenvalue weighted by Gasteiger charge is 2.23. The summed E-state index contributed by atoms with van der Waals surface area (Å²) in [5.41, 5.74) is 2.75. The van der Waals surface area contributed by atoms with Gasteiger partial charge in [-0.25, -0.2) is 0 Å². The lowest BCUT2D eigenvalue weighted by molar-refractivity contribution is 0.552. The first-order valence-electron chi connectivity index (χ1n) is 7.26. The van der Waals surface area contributed by atoms with Crippen LogP contribution in [0.15, 0.2) is 22.7 Å². The normalized spacial score (nSPS) is 15.0. The molecule has 1 aliphatic rings. The highest BCUT2D eigenvalue weighted by atomic mass is 79.9. The van der Waals surface area contributed by atoms with E-state index in [1.54, 1.807) is 0 Å². The van der Waals surface area contributed by atoms with Gasteiger partial charge in [-0.3, -0.25) is 0 Å². The molecular formula is C16H25BrN2. The molecule has 1 fully saturated rings. The standard InChI is InChI=1S/C16H25BrN2/c1-12(2)9-18-10-14-6-7-15(17)8-16(14)19(3)11-13-4-5-13/h6-8,12-13,18H,4-5,9-11H2,1-3H3. The molecule has 0 amide bonds. The largest absolute Gasteiger partial charge is 0.374 e. The predicted molar refractivity (Wildman–Crippen MR) is 86.7 cm³/mol. The molecule has 19 heavy (non-hydrogen) atoms. The molecule has 0 spiro atoms. The topological polar surface area (TPSA) is 15.3 Å². The average molecular weight is 325 g/mol. The minimum Gasteiger partial charge on any atom is -0.374 e. The SMILES string of the molecule is CC(C)CNCc1ccc(Br)cc1N(C)CC1CC1. The Morgan fingerprint density at radius 3 is 2.74 bits per heavy atom. The Labute approximate surface area is 125 Å². The Morgan fingerprint density at radius 1 is 1.37 bits per heavy atom. The van der Waals surface area contributed by atoms with Gasteiger partial charge in [0.15, 0.2) is 0 Å². The second kappa shape index (κ2) is 6.76. The number of anilines is 1. The second-order valence-electron chi connectivity index (χ2n) is 6.12. The van der Waals surface area contributed by atoms with Gasteiger partial charge in [0, 0.05) is 30.3 Å². The summed E-state index contributed by atoms with van der Waals surface area (Å²) in [6, 6.07) is 6.62. The van der Waals surface area contributed by atoms with Gasteiger partial charge in [0.25, 0.3) is 0 Å². The molecule has 0 aliphatic heterocycles. The van der Waals surface area contributed by atoms with Gasteiger partial charge >= 0.3 is 0 Å². The van der Waals surface area contributed by atoms with Crippen LogP contribution in [-0.2, 0) is 6.54 Å². The molecule has 1 aromatic rings. The number of benzene rings is 1. The number of rotatable bonds is 7. The van der Waals surface area contributed by atoms with Crippen molar-refractivity contribution in [1.29, 1.82) is 0 Å². The Hall–Kier alpha value is -0.540. The second-order valence-corrected chi connectivity index (χ2v) is 7.04. The fourth-order valence-corrected chi connectivity index (χ4v) is 2.67. The molecule has 2 rings (SSSR count). The first kappa shape index (κ1) is 14.9. The van der Waals surface area contributed by atoms with Gasteiger partial charge in [-0.15, -0.1) is 0 Å². The summed E-state index contributed by atoms with van der Waals surface area (Å²) in [6.07, 6.45) is 2.80. The maximum atomic E-state index is 3.59. The van der Waals surface area contributed by atoms with Crippen LogP contribution in [0.2, 0.25) is 0 Å². The van der Waals surface area contributed by atoms with Gasteiger partial charge in [0.2, 0.25) is 0 Å². The van der Waals surface area contributed by atoms with Crippen LogP contribution in [0.4, 0.5) is 5.69 Å². The summed E-state index contributed by atoms with van der Waals surface area (Å²) in [5, 5.41) is 3.54. The van der Waals surface area contributed by atoms with Crippen LogP contribution >= 0.6 is 15.9 Å². The number of halogens is 1. The highest BCUT2D eigenvalue weighted by molar-refractivity contribution is 9.10. The summed E-state index contributed by atoms with van der Waals surface area (Å²) in [4.78, 5) is 2.41. The van der Waals surface area contributed by atoms with Gasteiger partial charge in [0.1, 0.15) is 0 Å². The molecule has 0 radical (unpaired) electrons. The Morgan fingerprint density at radius 2 is 2.11 bits per heavy atom. The molecule has 0 bridgehead atoms. The maximum absolute atomic E-state index is 3.59. The van der Waals surface area contributed by atoms with Gasteiger partial charge < -0.3 is 10.2 Å². The zero-order valence-corrected chi connectivity index (χ0v) is 13.8. The van der Waals surface area contributed by atoms with E-state index in [9.17, 15) is 0 Å². The van der Waals surface area contributed by atoms with Crippen LogP contribution in [0.25, 0.3) is 0 Å². The highest BCUT2D eigenvalue weighted by Crippen LogP contribution is 2.32. The van der Waals surface area contributed by atoms with Gasteiger partial charge in [0.05, 0.1) is 0 Å². The monoisotopic (exact) mass is 324 g/mol. The van der Waals surface area contributed by atoms with E-state index in [1.165, 1.54) is 30.6 Å². The minimum atomic E-state index is 0.697. The third-order valence-electron chi connectivity index (χ3n) is 3.56. The Kier molecular flexibility index (Phi) is 5.28. The lowest BCUT2D eigenvalue weighted by Crippen LogP contribution is -2.24. The van der Waals surface area contributed by atoms with Gasteiger partial charge in [-0.05, 0) is 48.9 Å². The fourth-order valence-electron chi connectivity index (χ4n) is 2.32. The molecule has 1 aliphatic carbocycles. The van der Waals surface area contributed by atoms with Crippen molar-refractivity contribution in [2.45, 2.75) is 33.2 Å². The average Bonchev–Trinajstić information content (AvgIpc) is 3.14. The summed E-state index contributed by atoms with van der Waals surface area (Å²) < 4.78 is 1.16. The molecule has 0 saturated heterocycles. The van der Waals surface area contributed by atoms with Crippen molar-refractivity contribution < 1.29 is 0 Å². The zero-order chi connectivity index (χ0) is 13.8. The molecular weight excluding hydrogens is 300 g/mol. The molecule has 1 aromatic carbocycles. The van der Waals surface area contributed by atoms with Crippen LogP contribution in [0.1, 0.15) is 32.3 Å². The van der Waals surface area contributed by atoms with Crippen molar-refractivity contribution >= 4 is 21.6 Å². The van der Waals surface area contributed by atoms with Crippen molar-refractivity contribution in [2.24, 2.45) is 11.8 Å². The van der Waals surface area contributed by atoms with Crippen molar-refractivity contribution in [3.8, 4) is 0 Å². The third kappa shape index (κ3) is 4.81. The fraction of sp³-hybridized carbons (Fsp3) is 0.625. The summed E-state index contributed by atoms with van der Waals surface area (Å²) in [5.74, 6) is 1.61. The van der Waals surface area contributed by atoms with E-state index in [1.807, 2.05) is 0 Å². The number of nitrogens with one attached hydrogen (secondary N) is 1. The van der Waals surface area contributed by atoms with E-state index in [0.29, 0.717) is 5.92 Å². The molecule has 106 valence electrons. The van der Waals surface area contributed by atoms with Crippen molar-refractivity contribution in [2.75, 3.05) is 25.0 Å². The van der Waals surface area contributed by atoms with E-state index < -0.39 is 0 Å². The van der Waals surface area contributed by atoms with Crippen molar-refractivity contribution in [3.05, 3.63) is 28.2 Å². The minimum absolute atomic E-state index is 0.697. The van der Waals surface area contributed by atoms with Crippen LogP contribution in [0, 0.1) is 11.8 Å². The molecule has 0 atom stereocenters. The summed E-state index contributed by atoms with van der Waals surface area (Å²) in [7, 11) is 2.21. The predicted octanol–water partition coefficient (Wildman–Crippen LogP) is 4.04. The van der Waals surface area contributed by atoms with Crippen molar-refractivity contribution in [1.82, 2.24) is 5.32 Å². The molecule has 2 nitrogen and oxygen atoms in total. The van der Waals surface area contributed by atoms with Crippen LogP contribution in [0.3, 0.4) is 0 Å². The lowest BCUT2D eigenvalue weighted by Gasteiger charge is -2.23. The molecule has 0 aromatic heterocycles. The lowest BCUT2D eigenvalue weighted by atomic mass is 10.1. The summed E-state index contributed by atoms with van der Waals surface area (Å²) in [6.45, 7) is 7.70. The van der Waals surface area contributed by atoms with E-state index in [4.69, 9.17) is 0 Å². The Bertz CT molecular complexity index is 413. The number of nitrogens with zero attached hydrogens (tertiary/aromatic N) is 1. The number of hydrogen-bond acceptors (Lipinski definition) is 2. The van der Waals surface area contributed by atoms with E-state index in [0.717, 1.165) is 23.5 Å². The first-order chi connectivity index (χ1) is 9.06. The number of hydrogen-bond donors (Lipinski definition) is 1. The molecule has 0 heterocycles. The van der Waals surface area contributed by atoms with E-state index in [2.05, 4.69) is 65.2 Å². The van der Waals surface area contributed by atoms with Crippen LogP contribution in [-0.4, -0.2) is 20.1 Å². The van der Waals surface area contributed by atoms with Gasteiger partial charge in [-0.1, -0.05) is 35.8 Å².